The quantitative estimate of drug-likeness (QED) is 0.447. The Kier molecular flexibility index (Phi) is 6.74. The van der Waals surface area contributed by atoms with E-state index in [1.165, 1.54) is 0 Å². The predicted molar refractivity (Wildman–Crippen MR) is 129 cm³/mol. The molecule has 0 amide bonds. The Morgan fingerprint density at radius 3 is 2.74 bits per heavy atom. The van der Waals surface area contributed by atoms with Crippen LogP contribution >= 0.6 is 0 Å². The van der Waals surface area contributed by atoms with Crippen LogP contribution in [0.1, 0.15) is 47.9 Å². The van der Waals surface area contributed by atoms with Crippen molar-refractivity contribution in [3.63, 3.8) is 0 Å². The van der Waals surface area contributed by atoms with Crippen LogP contribution in [-0.4, -0.2) is 43.5 Å². The molecule has 3 heterocycles. The largest absolute Gasteiger partial charge is 0.478 e. The smallest absolute Gasteiger partial charge is 0.338 e. The summed E-state index contributed by atoms with van der Waals surface area (Å²) in [5, 5.41) is 0.437. The number of hydrogen-bond acceptors (Lipinski definition) is 8. The van der Waals surface area contributed by atoms with Gasteiger partial charge in [0.2, 0.25) is 11.2 Å². The van der Waals surface area contributed by atoms with Gasteiger partial charge in [-0.25, -0.2) is 4.79 Å². The summed E-state index contributed by atoms with van der Waals surface area (Å²) >= 11 is 0. The first-order valence-corrected chi connectivity index (χ1v) is 12.0. The van der Waals surface area contributed by atoms with Gasteiger partial charge in [-0.3, -0.25) is 9.69 Å². The van der Waals surface area contributed by atoms with Crippen molar-refractivity contribution in [3.8, 4) is 17.2 Å². The molecule has 2 aliphatic heterocycles. The second-order valence-corrected chi connectivity index (χ2v) is 8.92. The average molecular weight is 480 g/mol. The highest BCUT2D eigenvalue weighted by Crippen LogP contribution is 2.34. The molecule has 0 radical (unpaired) electrons. The average Bonchev–Trinajstić information content (AvgIpc) is 3.38. The molecule has 184 valence electrons. The first kappa shape index (κ1) is 23.4. The normalized spacial score (nSPS) is 17.7. The highest BCUT2D eigenvalue weighted by molar-refractivity contribution is 5.89. The van der Waals surface area contributed by atoms with Crippen molar-refractivity contribution in [2.24, 2.45) is 0 Å². The van der Waals surface area contributed by atoms with Crippen LogP contribution in [-0.2, 0) is 16.0 Å². The summed E-state index contributed by atoms with van der Waals surface area (Å²) in [6.07, 6.45) is 3.10. The van der Waals surface area contributed by atoms with E-state index in [9.17, 15) is 9.59 Å². The first-order valence-electron chi connectivity index (χ1n) is 12.0. The maximum absolute atomic E-state index is 13.4. The van der Waals surface area contributed by atoms with Gasteiger partial charge in [0.05, 0.1) is 29.2 Å². The lowest BCUT2D eigenvalue weighted by molar-refractivity contribution is 0.0281. The maximum atomic E-state index is 13.4. The zero-order valence-corrected chi connectivity index (χ0v) is 20.0. The number of carbonyl (C=O) groups is 1. The summed E-state index contributed by atoms with van der Waals surface area (Å²) < 4.78 is 28.9. The van der Waals surface area contributed by atoms with Crippen molar-refractivity contribution < 1.29 is 28.2 Å². The summed E-state index contributed by atoms with van der Waals surface area (Å²) in [5.74, 6) is 1.25. The number of ether oxygens (including phenoxy) is 4. The molecule has 2 aromatic carbocycles. The Morgan fingerprint density at radius 2 is 2.00 bits per heavy atom. The second-order valence-electron chi connectivity index (χ2n) is 8.92. The molecule has 3 aromatic rings. The van der Waals surface area contributed by atoms with Gasteiger partial charge in [0, 0.05) is 19.7 Å². The number of hydrogen-bond donors (Lipinski definition) is 0. The van der Waals surface area contributed by atoms with Crippen LogP contribution < -0.4 is 14.9 Å². The minimum absolute atomic E-state index is 0.117. The van der Waals surface area contributed by atoms with E-state index in [1.54, 1.807) is 37.3 Å². The Hall–Kier alpha value is -3.36. The van der Waals surface area contributed by atoms with Gasteiger partial charge in [0.15, 0.2) is 0 Å². The minimum Gasteiger partial charge on any atom is -0.478 e. The van der Waals surface area contributed by atoms with Crippen LogP contribution in [0.25, 0.3) is 11.0 Å². The molecule has 0 spiro atoms. The van der Waals surface area contributed by atoms with Gasteiger partial charge in [-0.1, -0.05) is 6.92 Å². The Bertz CT molecular complexity index is 1280. The van der Waals surface area contributed by atoms with Crippen molar-refractivity contribution >= 4 is 16.9 Å². The fourth-order valence-corrected chi connectivity index (χ4v) is 4.47. The lowest BCUT2D eigenvalue weighted by atomic mass is 10.1. The van der Waals surface area contributed by atoms with Gasteiger partial charge < -0.3 is 23.4 Å². The number of carbonyl (C=O) groups excluding carboxylic acids is 1. The summed E-state index contributed by atoms with van der Waals surface area (Å²) in [5.41, 5.74) is 1.54. The summed E-state index contributed by atoms with van der Waals surface area (Å²) in [4.78, 5) is 27.5. The number of esters is 1. The van der Waals surface area contributed by atoms with Crippen LogP contribution in [0.3, 0.4) is 0 Å². The molecule has 5 rings (SSSR count). The molecule has 0 bridgehead atoms. The molecule has 1 aromatic heterocycles. The maximum Gasteiger partial charge on any atom is 0.338 e. The molecule has 2 aliphatic rings. The van der Waals surface area contributed by atoms with Crippen molar-refractivity contribution in [1.29, 1.82) is 0 Å². The highest BCUT2D eigenvalue weighted by Gasteiger charge is 2.27. The monoisotopic (exact) mass is 479 g/mol. The van der Waals surface area contributed by atoms with Crippen LogP contribution in [0.5, 0.6) is 17.2 Å². The summed E-state index contributed by atoms with van der Waals surface area (Å²) in [7, 11) is 0. The number of nitrogens with zero attached hydrogens (tertiary/aromatic N) is 1. The first-order chi connectivity index (χ1) is 17.0. The van der Waals surface area contributed by atoms with E-state index in [-0.39, 0.29) is 23.3 Å². The zero-order chi connectivity index (χ0) is 24.4. The van der Waals surface area contributed by atoms with Crippen molar-refractivity contribution in [2.45, 2.75) is 45.8 Å². The zero-order valence-electron chi connectivity index (χ0n) is 20.0. The predicted octanol–water partition coefficient (Wildman–Crippen LogP) is 4.79. The standard InChI is InChI=1S/C27H29NO7/c1-3-12-32-27(30)18-6-8-19(9-7-18)35-25-17(2)34-26-21(24(25)29)10-11-23-22(26)15-28(16-33-23)14-20-5-4-13-31-20/h6-11,20H,3-5,12-16H2,1-2H3. The van der Waals surface area contributed by atoms with E-state index in [1.807, 2.05) is 13.0 Å². The van der Waals surface area contributed by atoms with Crippen molar-refractivity contribution in [1.82, 2.24) is 4.90 Å². The SMILES string of the molecule is CCCOC(=O)c1ccc(Oc2c(C)oc3c4c(ccc3c2=O)OCN(CC2CCCO2)C4)cc1. The second kappa shape index (κ2) is 10.1. The molecular formula is C27H29NO7. The van der Waals surface area contributed by atoms with Gasteiger partial charge in [0.1, 0.15) is 29.6 Å². The molecule has 8 heteroatoms. The third-order valence-corrected chi connectivity index (χ3v) is 6.26. The summed E-state index contributed by atoms with van der Waals surface area (Å²) in [6.45, 7) is 6.69. The van der Waals surface area contributed by atoms with Gasteiger partial charge >= 0.3 is 5.97 Å². The van der Waals surface area contributed by atoms with Crippen molar-refractivity contribution in [3.05, 3.63) is 63.5 Å². The van der Waals surface area contributed by atoms with E-state index in [0.29, 0.717) is 47.9 Å². The van der Waals surface area contributed by atoms with Crippen LogP contribution in [0.15, 0.2) is 45.6 Å². The van der Waals surface area contributed by atoms with E-state index in [4.69, 9.17) is 23.4 Å². The van der Waals surface area contributed by atoms with E-state index in [2.05, 4.69) is 4.90 Å². The number of benzene rings is 2. The molecule has 0 aliphatic carbocycles. The molecule has 8 nitrogen and oxygen atoms in total. The molecule has 35 heavy (non-hydrogen) atoms. The molecule has 1 unspecified atom stereocenters. The van der Waals surface area contributed by atoms with E-state index < -0.39 is 0 Å². The fourth-order valence-electron chi connectivity index (χ4n) is 4.47. The molecular weight excluding hydrogens is 450 g/mol. The Morgan fingerprint density at radius 1 is 1.17 bits per heavy atom. The van der Waals surface area contributed by atoms with Crippen molar-refractivity contribution in [2.75, 3.05) is 26.5 Å². The van der Waals surface area contributed by atoms with Gasteiger partial charge in [-0.05, 0) is 62.6 Å². The number of aryl methyl sites for hydroxylation is 1. The number of rotatable bonds is 7. The third-order valence-electron chi connectivity index (χ3n) is 6.26. The van der Waals surface area contributed by atoms with Gasteiger partial charge in [0.25, 0.3) is 0 Å². The lowest BCUT2D eigenvalue weighted by Gasteiger charge is -2.30. The topological polar surface area (TPSA) is 87.4 Å². The lowest BCUT2D eigenvalue weighted by Crippen LogP contribution is -2.37. The Labute approximate surface area is 203 Å². The van der Waals surface area contributed by atoms with Gasteiger partial charge in [-0.2, -0.15) is 0 Å². The molecule has 1 fully saturated rings. The molecule has 1 saturated heterocycles. The van der Waals surface area contributed by atoms with E-state index in [0.717, 1.165) is 43.7 Å². The van der Waals surface area contributed by atoms with Crippen LogP contribution in [0.2, 0.25) is 0 Å². The van der Waals surface area contributed by atoms with Crippen LogP contribution in [0.4, 0.5) is 0 Å². The van der Waals surface area contributed by atoms with E-state index >= 15 is 0 Å². The number of fused-ring (bicyclic) bond motifs is 3. The molecule has 1 atom stereocenters. The third kappa shape index (κ3) is 4.90. The van der Waals surface area contributed by atoms with Gasteiger partial charge in [-0.15, -0.1) is 0 Å². The molecule has 0 N–H and O–H groups in total. The van der Waals surface area contributed by atoms with Crippen LogP contribution in [0, 0.1) is 6.92 Å². The minimum atomic E-state index is -0.389. The fraction of sp³-hybridized carbons (Fsp3) is 0.407. The highest BCUT2D eigenvalue weighted by atomic mass is 16.5. The Balaban J connectivity index is 1.39. The molecule has 0 saturated carbocycles. The summed E-state index contributed by atoms with van der Waals surface area (Å²) in [6, 6.07) is 10.0.